The van der Waals surface area contributed by atoms with Crippen LogP contribution in [-0.4, -0.2) is 41.7 Å². The summed E-state index contributed by atoms with van der Waals surface area (Å²) in [6.07, 6.45) is 0.561. The lowest BCUT2D eigenvalue weighted by Gasteiger charge is -2.15. The van der Waals surface area contributed by atoms with Crippen LogP contribution in [0.1, 0.15) is 18.9 Å². The molecule has 1 N–H and O–H groups in total. The Morgan fingerprint density at radius 3 is 3.00 bits per heavy atom. The molecule has 98 valence electrons. The molecule has 1 amide bonds. The van der Waals surface area contributed by atoms with E-state index in [9.17, 15) is 9.90 Å². The molecule has 1 heterocycles. The summed E-state index contributed by atoms with van der Waals surface area (Å²) in [6, 6.07) is 7.92. The van der Waals surface area contributed by atoms with Gasteiger partial charge < -0.3 is 14.7 Å². The van der Waals surface area contributed by atoms with Crippen molar-refractivity contribution in [2.75, 3.05) is 19.7 Å². The van der Waals surface area contributed by atoms with E-state index in [1.54, 1.807) is 4.90 Å². The predicted octanol–water partition coefficient (Wildman–Crippen LogP) is 1.22. The molecule has 0 radical (unpaired) electrons. The SMILES string of the molecule is CCOc1cccc(CCN2CC(O)CC2=O)c1. The largest absolute Gasteiger partial charge is 0.494 e. The molecule has 1 aliphatic heterocycles. The maximum atomic E-state index is 11.5. The number of carbonyl (C=O) groups is 1. The molecule has 4 heteroatoms. The highest BCUT2D eigenvalue weighted by Crippen LogP contribution is 2.16. The third-order valence-corrected chi connectivity index (χ3v) is 3.07. The van der Waals surface area contributed by atoms with Gasteiger partial charge in [0.2, 0.25) is 5.91 Å². The molecule has 0 aliphatic carbocycles. The van der Waals surface area contributed by atoms with Gasteiger partial charge in [-0.1, -0.05) is 12.1 Å². The number of rotatable bonds is 5. The molecule has 0 bridgehead atoms. The van der Waals surface area contributed by atoms with Crippen LogP contribution in [0.5, 0.6) is 5.75 Å². The zero-order chi connectivity index (χ0) is 13.0. The van der Waals surface area contributed by atoms with Gasteiger partial charge in [0.1, 0.15) is 5.75 Å². The van der Waals surface area contributed by atoms with Crippen molar-refractivity contribution in [3.8, 4) is 5.75 Å². The van der Waals surface area contributed by atoms with E-state index >= 15 is 0 Å². The Balaban J connectivity index is 1.90. The van der Waals surface area contributed by atoms with Crippen molar-refractivity contribution in [3.63, 3.8) is 0 Å². The fraction of sp³-hybridized carbons (Fsp3) is 0.500. The van der Waals surface area contributed by atoms with Crippen molar-refractivity contribution in [2.45, 2.75) is 25.9 Å². The number of hydrogen-bond acceptors (Lipinski definition) is 3. The maximum absolute atomic E-state index is 11.5. The fourth-order valence-electron chi connectivity index (χ4n) is 2.19. The molecule has 1 atom stereocenters. The molecule has 18 heavy (non-hydrogen) atoms. The number of ether oxygens (including phenoxy) is 1. The number of nitrogens with zero attached hydrogens (tertiary/aromatic N) is 1. The second kappa shape index (κ2) is 5.87. The van der Waals surface area contributed by atoms with Gasteiger partial charge in [0, 0.05) is 13.1 Å². The van der Waals surface area contributed by atoms with E-state index in [4.69, 9.17) is 4.74 Å². The molecule has 1 unspecified atom stereocenters. The Morgan fingerprint density at radius 1 is 1.50 bits per heavy atom. The number of hydrogen-bond donors (Lipinski definition) is 1. The van der Waals surface area contributed by atoms with E-state index in [2.05, 4.69) is 0 Å². The van der Waals surface area contributed by atoms with Crippen LogP contribution in [0.4, 0.5) is 0 Å². The number of aliphatic hydroxyl groups excluding tert-OH is 1. The van der Waals surface area contributed by atoms with Gasteiger partial charge >= 0.3 is 0 Å². The topological polar surface area (TPSA) is 49.8 Å². The van der Waals surface area contributed by atoms with Crippen molar-refractivity contribution < 1.29 is 14.6 Å². The Kier molecular flexibility index (Phi) is 4.20. The summed E-state index contributed by atoms with van der Waals surface area (Å²) in [5.74, 6) is 0.909. The second-order valence-corrected chi connectivity index (χ2v) is 4.53. The molecule has 1 aromatic rings. The van der Waals surface area contributed by atoms with E-state index < -0.39 is 6.10 Å². The number of carbonyl (C=O) groups excluding carboxylic acids is 1. The summed E-state index contributed by atoms with van der Waals surface area (Å²) in [4.78, 5) is 13.2. The third-order valence-electron chi connectivity index (χ3n) is 3.07. The zero-order valence-corrected chi connectivity index (χ0v) is 10.6. The highest BCUT2D eigenvalue weighted by atomic mass is 16.5. The van der Waals surface area contributed by atoms with Crippen LogP contribution in [0, 0.1) is 0 Å². The zero-order valence-electron chi connectivity index (χ0n) is 10.6. The first-order valence-electron chi connectivity index (χ1n) is 6.36. The summed E-state index contributed by atoms with van der Waals surface area (Å²) in [6.45, 7) is 3.73. The van der Waals surface area contributed by atoms with E-state index in [1.165, 1.54) is 0 Å². The van der Waals surface area contributed by atoms with E-state index in [0.717, 1.165) is 17.7 Å². The summed E-state index contributed by atoms with van der Waals surface area (Å²) in [7, 11) is 0. The summed E-state index contributed by atoms with van der Waals surface area (Å²) < 4.78 is 5.44. The van der Waals surface area contributed by atoms with Crippen molar-refractivity contribution >= 4 is 5.91 Å². The monoisotopic (exact) mass is 249 g/mol. The quantitative estimate of drug-likeness (QED) is 0.853. The lowest BCUT2D eigenvalue weighted by Crippen LogP contribution is -2.28. The Labute approximate surface area is 107 Å². The lowest BCUT2D eigenvalue weighted by atomic mass is 10.1. The normalized spacial score (nSPS) is 19.3. The van der Waals surface area contributed by atoms with Crippen LogP contribution in [-0.2, 0) is 11.2 Å². The lowest BCUT2D eigenvalue weighted by molar-refractivity contribution is -0.127. The van der Waals surface area contributed by atoms with Gasteiger partial charge in [-0.05, 0) is 31.0 Å². The first kappa shape index (κ1) is 12.9. The van der Waals surface area contributed by atoms with Crippen molar-refractivity contribution in [1.82, 2.24) is 4.90 Å². The number of aliphatic hydroxyl groups is 1. The smallest absolute Gasteiger partial charge is 0.225 e. The highest BCUT2D eigenvalue weighted by molar-refractivity contribution is 5.79. The molecule has 0 spiro atoms. The maximum Gasteiger partial charge on any atom is 0.225 e. The number of benzene rings is 1. The Hall–Kier alpha value is -1.55. The van der Waals surface area contributed by atoms with Gasteiger partial charge in [-0.25, -0.2) is 0 Å². The predicted molar refractivity (Wildman–Crippen MR) is 68.5 cm³/mol. The molecule has 1 fully saturated rings. The van der Waals surface area contributed by atoms with Crippen LogP contribution in [0.25, 0.3) is 0 Å². The molecule has 1 aromatic carbocycles. The molecule has 0 saturated carbocycles. The molecule has 2 rings (SSSR count). The minimum Gasteiger partial charge on any atom is -0.494 e. The van der Waals surface area contributed by atoms with E-state index in [1.807, 2.05) is 31.2 Å². The van der Waals surface area contributed by atoms with Gasteiger partial charge in [-0.2, -0.15) is 0 Å². The van der Waals surface area contributed by atoms with Gasteiger partial charge in [0.15, 0.2) is 0 Å². The first-order chi connectivity index (χ1) is 8.69. The molecule has 0 aromatic heterocycles. The number of likely N-dealkylation sites (tertiary alicyclic amines) is 1. The molecular formula is C14H19NO3. The average Bonchev–Trinajstić information content (AvgIpc) is 2.66. The third kappa shape index (κ3) is 3.23. The van der Waals surface area contributed by atoms with E-state index in [0.29, 0.717) is 19.7 Å². The van der Waals surface area contributed by atoms with Crippen LogP contribution in [0.15, 0.2) is 24.3 Å². The summed E-state index contributed by atoms with van der Waals surface area (Å²) in [5.41, 5.74) is 1.15. The van der Waals surface area contributed by atoms with Crippen LogP contribution in [0.3, 0.4) is 0 Å². The molecular weight excluding hydrogens is 230 g/mol. The van der Waals surface area contributed by atoms with Gasteiger partial charge in [0.25, 0.3) is 0 Å². The van der Waals surface area contributed by atoms with Crippen LogP contribution in [0.2, 0.25) is 0 Å². The van der Waals surface area contributed by atoms with Crippen LogP contribution < -0.4 is 4.74 Å². The van der Waals surface area contributed by atoms with Crippen molar-refractivity contribution in [1.29, 1.82) is 0 Å². The van der Waals surface area contributed by atoms with E-state index in [-0.39, 0.29) is 12.3 Å². The first-order valence-corrected chi connectivity index (χ1v) is 6.36. The molecule has 4 nitrogen and oxygen atoms in total. The highest BCUT2D eigenvalue weighted by Gasteiger charge is 2.27. The van der Waals surface area contributed by atoms with Crippen molar-refractivity contribution in [3.05, 3.63) is 29.8 Å². The Bertz CT molecular complexity index is 419. The average molecular weight is 249 g/mol. The minimum absolute atomic E-state index is 0.0449. The minimum atomic E-state index is -0.493. The van der Waals surface area contributed by atoms with Crippen molar-refractivity contribution in [2.24, 2.45) is 0 Å². The standard InChI is InChI=1S/C14H19NO3/c1-2-18-13-5-3-4-11(8-13)6-7-15-10-12(16)9-14(15)17/h3-5,8,12,16H,2,6-7,9-10H2,1H3. The Morgan fingerprint density at radius 2 is 2.33 bits per heavy atom. The molecule has 1 saturated heterocycles. The summed E-state index contributed by atoms with van der Waals surface area (Å²) >= 11 is 0. The number of β-amino-alcohol motifs (C(OH)–C–C–N with tert-alkyl or cyclic N) is 1. The van der Waals surface area contributed by atoms with Gasteiger partial charge in [-0.3, -0.25) is 4.79 Å². The van der Waals surface area contributed by atoms with Gasteiger partial charge in [-0.15, -0.1) is 0 Å². The van der Waals surface area contributed by atoms with Crippen LogP contribution >= 0.6 is 0 Å². The second-order valence-electron chi connectivity index (χ2n) is 4.53. The van der Waals surface area contributed by atoms with Gasteiger partial charge in [0.05, 0.1) is 19.1 Å². The summed E-state index contributed by atoms with van der Waals surface area (Å²) in [5, 5.41) is 9.40. The fourth-order valence-corrected chi connectivity index (χ4v) is 2.19. The molecule has 1 aliphatic rings. The number of amides is 1.